The van der Waals surface area contributed by atoms with E-state index in [4.69, 9.17) is 0 Å². The first kappa shape index (κ1) is 13.1. The van der Waals surface area contributed by atoms with Crippen molar-refractivity contribution >= 4 is 11.4 Å². The Kier molecular flexibility index (Phi) is 4.81. The number of likely N-dealkylation sites (tertiary alicyclic amines) is 1. The second-order valence-electron chi connectivity index (χ2n) is 5.05. The van der Waals surface area contributed by atoms with Crippen molar-refractivity contribution in [3.63, 3.8) is 0 Å². The first-order chi connectivity index (χ1) is 8.78. The van der Waals surface area contributed by atoms with Gasteiger partial charge in [-0.1, -0.05) is 0 Å². The van der Waals surface area contributed by atoms with E-state index in [2.05, 4.69) is 40.4 Å². The number of hydrogen-bond donors (Lipinski definition) is 2. The van der Waals surface area contributed by atoms with Crippen LogP contribution in [0.15, 0.2) is 18.5 Å². The summed E-state index contributed by atoms with van der Waals surface area (Å²) in [6, 6.07) is 2.58. The molecule has 0 spiro atoms. The predicted molar refractivity (Wildman–Crippen MR) is 77.2 cm³/mol. The van der Waals surface area contributed by atoms with E-state index in [-0.39, 0.29) is 0 Å². The third kappa shape index (κ3) is 3.88. The topological polar surface area (TPSA) is 40.2 Å². The predicted octanol–water partition coefficient (Wildman–Crippen LogP) is 2.41. The van der Waals surface area contributed by atoms with Gasteiger partial charge in [0.1, 0.15) is 0 Å². The van der Waals surface area contributed by atoms with E-state index in [0.29, 0.717) is 6.04 Å². The van der Waals surface area contributed by atoms with Crippen molar-refractivity contribution < 1.29 is 0 Å². The molecule has 0 amide bonds. The van der Waals surface area contributed by atoms with Crippen LogP contribution in [-0.2, 0) is 0 Å². The van der Waals surface area contributed by atoms with Crippen molar-refractivity contribution in [1.29, 1.82) is 0 Å². The molecule has 18 heavy (non-hydrogen) atoms. The number of pyridine rings is 1. The second-order valence-corrected chi connectivity index (χ2v) is 5.05. The van der Waals surface area contributed by atoms with E-state index in [0.717, 1.165) is 24.5 Å². The molecule has 2 heterocycles. The Bertz CT molecular complexity index is 361. The summed E-state index contributed by atoms with van der Waals surface area (Å²) in [5.41, 5.74) is 2.18. The van der Waals surface area contributed by atoms with Gasteiger partial charge < -0.3 is 15.5 Å². The third-order valence-corrected chi connectivity index (χ3v) is 3.26. The lowest BCUT2D eigenvalue weighted by Gasteiger charge is -2.22. The highest BCUT2D eigenvalue weighted by atomic mass is 15.2. The molecule has 0 bridgehead atoms. The first-order valence-electron chi connectivity index (χ1n) is 6.95. The molecule has 1 aliphatic heterocycles. The van der Waals surface area contributed by atoms with Gasteiger partial charge in [0, 0.05) is 19.1 Å². The Hall–Kier alpha value is -1.29. The summed E-state index contributed by atoms with van der Waals surface area (Å²) in [7, 11) is 0. The zero-order valence-electron chi connectivity index (χ0n) is 11.4. The molecule has 1 saturated heterocycles. The number of anilines is 2. The molecular formula is C14H24N4. The van der Waals surface area contributed by atoms with Crippen molar-refractivity contribution in [2.75, 3.05) is 36.8 Å². The average molecular weight is 248 g/mol. The Morgan fingerprint density at radius 3 is 2.72 bits per heavy atom. The molecule has 1 aliphatic rings. The fourth-order valence-electron chi connectivity index (χ4n) is 2.50. The van der Waals surface area contributed by atoms with E-state index in [1.165, 1.54) is 25.9 Å². The summed E-state index contributed by atoms with van der Waals surface area (Å²) < 4.78 is 0. The van der Waals surface area contributed by atoms with Crippen LogP contribution in [0.2, 0.25) is 0 Å². The van der Waals surface area contributed by atoms with Crippen molar-refractivity contribution in [2.45, 2.75) is 32.7 Å². The summed E-state index contributed by atoms with van der Waals surface area (Å²) in [5, 5.41) is 6.80. The van der Waals surface area contributed by atoms with Crippen LogP contribution in [0.4, 0.5) is 11.4 Å². The lowest BCUT2D eigenvalue weighted by atomic mass is 10.3. The van der Waals surface area contributed by atoms with E-state index in [1.54, 1.807) is 0 Å². The summed E-state index contributed by atoms with van der Waals surface area (Å²) in [6.07, 6.45) is 6.45. The maximum Gasteiger partial charge on any atom is 0.0549 e. The van der Waals surface area contributed by atoms with Crippen LogP contribution in [0.5, 0.6) is 0 Å². The van der Waals surface area contributed by atoms with E-state index >= 15 is 0 Å². The monoisotopic (exact) mass is 248 g/mol. The van der Waals surface area contributed by atoms with Crippen LogP contribution in [0.1, 0.15) is 26.7 Å². The zero-order chi connectivity index (χ0) is 12.8. The molecule has 0 saturated carbocycles. The zero-order valence-corrected chi connectivity index (χ0v) is 11.4. The standard InChI is InChI=1S/C14H24N4/c1-3-16-13-8-14(10-15-9-13)17-12(2)11-18-6-4-5-7-18/h8-10,12,16-17H,3-7,11H2,1-2H3. The van der Waals surface area contributed by atoms with Gasteiger partial charge in [-0.15, -0.1) is 0 Å². The van der Waals surface area contributed by atoms with Crippen LogP contribution in [-0.4, -0.2) is 42.1 Å². The summed E-state index contributed by atoms with van der Waals surface area (Å²) >= 11 is 0. The van der Waals surface area contributed by atoms with Gasteiger partial charge in [-0.3, -0.25) is 4.98 Å². The minimum Gasteiger partial charge on any atom is -0.384 e. The smallest absolute Gasteiger partial charge is 0.0549 e. The van der Waals surface area contributed by atoms with Gasteiger partial charge in [0.25, 0.3) is 0 Å². The molecule has 0 aromatic carbocycles. The number of rotatable bonds is 6. The highest BCUT2D eigenvalue weighted by Crippen LogP contribution is 2.15. The van der Waals surface area contributed by atoms with E-state index in [1.807, 2.05) is 12.4 Å². The molecule has 0 aliphatic carbocycles. The summed E-state index contributed by atoms with van der Waals surface area (Å²) in [6.45, 7) is 8.87. The average Bonchev–Trinajstić information content (AvgIpc) is 2.82. The maximum absolute atomic E-state index is 4.25. The molecule has 1 aromatic heterocycles. The molecule has 1 fully saturated rings. The molecule has 2 rings (SSSR count). The van der Waals surface area contributed by atoms with Gasteiger partial charge in [-0.05, 0) is 45.8 Å². The lowest BCUT2D eigenvalue weighted by Crippen LogP contribution is -2.32. The van der Waals surface area contributed by atoms with Crippen LogP contribution < -0.4 is 10.6 Å². The summed E-state index contributed by atoms with van der Waals surface area (Å²) in [4.78, 5) is 6.78. The molecule has 4 heteroatoms. The van der Waals surface area contributed by atoms with Gasteiger partial charge in [-0.2, -0.15) is 0 Å². The van der Waals surface area contributed by atoms with Crippen molar-refractivity contribution in [3.05, 3.63) is 18.5 Å². The summed E-state index contributed by atoms with van der Waals surface area (Å²) in [5.74, 6) is 0. The van der Waals surface area contributed by atoms with Crippen molar-refractivity contribution in [1.82, 2.24) is 9.88 Å². The molecule has 1 aromatic rings. The highest BCUT2D eigenvalue weighted by Gasteiger charge is 2.14. The molecule has 100 valence electrons. The largest absolute Gasteiger partial charge is 0.384 e. The quantitative estimate of drug-likeness (QED) is 0.811. The van der Waals surface area contributed by atoms with Crippen LogP contribution in [0.25, 0.3) is 0 Å². The molecule has 2 N–H and O–H groups in total. The highest BCUT2D eigenvalue weighted by molar-refractivity contribution is 5.54. The first-order valence-corrected chi connectivity index (χ1v) is 6.95. The fourth-order valence-corrected chi connectivity index (χ4v) is 2.50. The minimum absolute atomic E-state index is 0.460. The Balaban J connectivity index is 1.85. The van der Waals surface area contributed by atoms with Gasteiger partial charge in [-0.25, -0.2) is 0 Å². The molecule has 1 unspecified atom stereocenters. The van der Waals surface area contributed by atoms with Crippen LogP contribution >= 0.6 is 0 Å². The Morgan fingerprint density at radius 2 is 2.00 bits per heavy atom. The SMILES string of the molecule is CCNc1cncc(NC(C)CN2CCCC2)c1. The Labute approximate surface area is 110 Å². The van der Waals surface area contributed by atoms with Crippen molar-refractivity contribution in [2.24, 2.45) is 0 Å². The normalized spacial score (nSPS) is 17.7. The number of aromatic nitrogens is 1. The van der Waals surface area contributed by atoms with Gasteiger partial charge in [0.05, 0.1) is 23.8 Å². The van der Waals surface area contributed by atoms with Crippen LogP contribution in [0.3, 0.4) is 0 Å². The Morgan fingerprint density at radius 1 is 1.28 bits per heavy atom. The number of hydrogen-bond acceptors (Lipinski definition) is 4. The minimum atomic E-state index is 0.460. The van der Waals surface area contributed by atoms with E-state index < -0.39 is 0 Å². The fraction of sp³-hybridized carbons (Fsp3) is 0.643. The van der Waals surface area contributed by atoms with Gasteiger partial charge >= 0.3 is 0 Å². The third-order valence-electron chi connectivity index (χ3n) is 3.26. The van der Waals surface area contributed by atoms with E-state index in [9.17, 15) is 0 Å². The van der Waals surface area contributed by atoms with Gasteiger partial charge in [0.15, 0.2) is 0 Å². The number of nitrogens with one attached hydrogen (secondary N) is 2. The lowest BCUT2D eigenvalue weighted by molar-refractivity contribution is 0.328. The molecular weight excluding hydrogens is 224 g/mol. The second kappa shape index (κ2) is 6.59. The van der Waals surface area contributed by atoms with Crippen LogP contribution in [0, 0.1) is 0 Å². The molecule has 1 atom stereocenters. The molecule has 4 nitrogen and oxygen atoms in total. The van der Waals surface area contributed by atoms with Gasteiger partial charge in [0.2, 0.25) is 0 Å². The van der Waals surface area contributed by atoms with Crippen molar-refractivity contribution in [3.8, 4) is 0 Å². The maximum atomic E-state index is 4.25. The molecule has 0 radical (unpaired) electrons. The number of nitrogens with zero attached hydrogens (tertiary/aromatic N) is 2.